The third kappa shape index (κ3) is 6.70. The first-order valence-corrected chi connectivity index (χ1v) is 8.84. The standard InChI is InChI=1S/C18H24F3N3O2.ClH/c1-2-9-24(16(26)6-3-12-7-8-22-10-12)11-15(25)23-14-5-4-13(19)17(20)18(14)21;/h4-5,12,22H,2-3,6-11H2,1H3,(H,23,25);1H. The van der Waals surface area contributed by atoms with E-state index in [1.807, 2.05) is 6.92 Å². The van der Waals surface area contributed by atoms with Crippen LogP contribution in [0.4, 0.5) is 18.9 Å². The molecule has 0 aliphatic carbocycles. The van der Waals surface area contributed by atoms with E-state index < -0.39 is 29.0 Å². The number of carbonyl (C=O) groups excluding carboxylic acids is 2. The molecule has 152 valence electrons. The summed E-state index contributed by atoms with van der Waals surface area (Å²) in [6, 6.07) is 1.68. The first-order chi connectivity index (χ1) is 12.4. The Balaban J connectivity index is 0.00000364. The number of anilines is 1. The summed E-state index contributed by atoms with van der Waals surface area (Å²) in [5, 5.41) is 5.44. The van der Waals surface area contributed by atoms with Gasteiger partial charge in [0.05, 0.1) is 12.2 Å². The summed E-state index contributed by atoms with van der Waals surface area (Å²) < 4.78 is 39.8. The number of hydrogen-bond acceptors (Lipinski definition) is 3. The van der Waals surface area contributed by atoms with Crippen molar-refractivity contribution in [1.29, 1.82) is 0 Å². The molecule has 0 saturated carbocycles. The van der Waals surface area contributed by atoms with E-state index in [4.69, 9.17) is 0 Å². The van der Waals surface area contributed by atoms with Crippen LogP contribution in [0, 0.1) is 23.4 Å². The fraction of sp³-hybridized carbons (Fsp3) is 0.556. The molecule has 9 heteroatoms. The quantitative estimate of drug-likeness (QED) is 0.651. The highest BCUT2D eigenvalue weighted by Crippen LogP contribution is 2.20. The third-order valence-corrected chi connectivity index (χ3v) is 4.42. The summed E-state index contributed by atoms with van der Waals surface area (Å²) in [7, 11) is 0. The molecule has 2 N–H and O–H groups in total. The van der Waals surface area contributed by atoms with Gasteiger partial charge >= 0.3 is 0 Å². The monoisotopic (exact) mass is 407 g/mol. The van der Waals surface area contributed by atoms with E-state index in [0.29, 0.717) is 25.3 Å². The molecular formula is C18H25ClF3N3O2. The lowest BCUT2D eigenvalue weighted by atomic mass is 10.0. The summed E-state index contributed by atoms with van der Waals surface area (Å²) in [4.78, 5) is 25.9. The Kier molecular flexibility index (Phi) is 9.59. The summed E-state index contributed by atoms with van der Waals surface area (Å²) >= 11 is 0. The van der Waals surface area contributed by atoms with Gasteiger partial charge < -0.3 is 15.5 Å². The summed E-state index contributed by atoms with van der Waals surface area (Å²) in [5.74, 6) is -4.76. The van der Waals surface area contributed by atoms with Crippen molar-refractivity contribution in [2.24, 2.45) is 5.92 Å². The lowest BCUT2D eigenvalue weighted by molar-refractivity contribution is -0.135. The molecule has 0 spiro atoms. The molecule has 1 heterocycles. The van der Waals surface area contributed by atoms with Crippen LogP contribution in [-0.4, -0.2) is 42.9 Å². The predicted octanol–water partition coefficient (Wildman–Crippen LogP) is 3.09. The highest BCUT2D eigenvalue weighted by Gasteiger charge is 2.21. The van der Waals surface area contributed by atoms with Gasteiger partial charge in [-0.25, -0.2) is 13.2 Å². The van der Waals surface area contributed by atoms with E-state index in [-0.39, 0.29) is 24.9 Å². The Bertz CT molecular complexity index is 655. The summed E-state index contributed by atoms with van der Waals surface area (Å²) in [6.45, 7) is 3.88. The Labute approximate surface area is 163 Å². The number of hydrogen-bond donors (Lipinski definition) is 2. The lowest BCUT2D eigenvalue weighted by Crippen LogP contribution is -2.38. The van der Waals surface area contributed by atoms with Crippen molar-refractivity contribution in [2.45, 2.75) is 32.6 Å². The molecule has 1 unspecified atom stereocenters. The van der Waals surface area contributed by atoms with Crippen LogP contribution in [0.1, 0.15) is 32.6 Å². The van der Waals surface area contributed by atoms with Crippen LogP contribution in [0.2, 0.25) is 0 Å². The van der Waals surface area contributed by atoms with Gasteiger partial charge in [-0.15, -0.1) is 12.4 Å². The van der Waals surface area contributed by atoms with Gasteiger partial charge in [0.25, 0.3) is 0 Å². The number of nitrogens with zero attached hydrogens (tertiary/aromatic N) is 1. The van der Waals surface area contributed by atoms with Gasteiger partial charge in [-0.2, -0.15) is 0 Å². The van der Waals surface area contributed by atoms with Crippen LogP contribution in [0.3, 0.4) is 0 Å². The van der Waals surface area contributed by atoms with Crippen molar-refractivity contribution in [3.8, 4) is 0 Å². The molecule has 1 fully saturated rings. The molecule has 27 heavy (non-hydrogen) atoms. The summed E-state index contributed by atoms with van der Waals surface area (Å²) in [5.41, 5.74) is -0.449. The maximum atomic E-state index is 13.6. The molecule has 1 aliphatic rings. The number of benzene rings is 1. The van der Waals surface area contributed by atoms with E-state index in [2.05, 4.69) is 10.6 Å². The van der Waals surface area contributed by atoms with Crippen molar-refractivity contribution in [3.63, 3.8) is 0 Å². The first-order valence-electron chi connectivity index (χ1n) is 8.84. The van der Waals surface area contributed by atoms with Crippen LogP contribution in [0.25, 0.3) is 0 Å². The van der Waals surface area contributed by atoms with Crippen LogP contribution in [0.15, 0.2) is 12.1 Å². The van der Waals surface area contributed by atoms with E-state index >= 15 is 0 Å². The second-order valence-corrected chi connectivity index (χ2v) is 6.48. The third-order valence-electron chi connectivity index (χ3n) is 4.42. The lowest BCUT2D eigenvalue weighted by Gasteiger charge is -2.22. The minimum atomic E-state index is -1.64. The first kappa shape index (κ1) is 23.2. The highest BCUT2D eigenvalue weighted by atomic mass is 35.5. The zero-order valence-electron chi connectivity index (χ0n) is 15.2. The van der Waals surface area contributed by atoms with Gasteiger partial charge in [0.1, 0.15) is 0 Å². The van der Waals surface area contributed by atoms with E-state index in [9.17, 15) is 22.8 Å². The highest BCUT2D eigenvalue weighted by molar-refractivity contribution is 5.94. The topological polar surface area (TPSA) is 61.4 Å². The Morgan fingerprint density at radius 3 is 2.63 bits per heavy atom. The van der Waals surface area contributed by atoms with Crippen LogP contribution < -0.4 is 10.6 Å². The van der Waals surface area contributed by atoms with E-state index in [1.165, 1.54) is 4.90 Å². The van der Waals surface area contributed by atoms with Gasteiger partial charge in [0.2, 0.25) is 11.8 Å². The Hall–Kier alpha value is -1.80. The zero-order chi connectivity index (χ0) is 19.1. The number of rotatable bonds is 8. The number of amides is 2. The Morgan fingerprint density at radius 1 is 1.26 bits per heavy atom. The molecule has 5 nitrogen and oxygen atoms in total. The van der Waals surface area contributed by atoms with Gasteiger partial charge in [-0.3, -0.25) is 9.59 Å². The fourth-order valence-electron chi connectivity index (χ4n) is 2.99. The average Bonchev–Trinajstić information content (AvgIpc) is 3.13. The SMILES string of the molecule is CCCN(CC(=O)Nc1ccc(F)c(F)c1F)C(=O)CCC1CCNC1.Cl. The van der Waals surface area contributed by atoms with E-state index in [0.717, 1.165) is 38.1 Å². The van der Waals surface area contributed by atoms with Crippen molar-refractivity contribution >= 4 is 29.9 Å². The molecule has 2 amide bonds. The molecule has 1 atom stereocenters. The second-order valence-electron chi connectivity index (χ2n) is 6.48. The molecule has 0 aromatic heterocycles. The van der Waals surface area contributed by atoms with Gasteiger partial charge in [-0.1, -0.05) is 6.92 Å². The largest absolute Gasteiger partial charge is 0.333 e. The molecule has 0 bridgehead atoms. The minimum absolute atomic E-state index is 0. The molecular weight excluding hydrogens is 383 g/mol. The van der Waals surface area contributed by atoms with Gasteiger partial charge in [0.15, 0.2) is 17.5 Å². The number of halogens is 4. The van der Waals surface area contributed by atoms with E-state index in [1.54, 1.807) is 0 Å². The van der Waals surface area contributed by atoms with Crippen LogP contribution >= 0.6 is 12.4 Å². The smallest absolute Gasteiger partial charge is 0.244 e. The number of nitrogens with one attached hydrogen (secondary N) is 2. The minimum Gasteiger partial charge on any atom is -0.333 e. The number of carbonyl (C=O) groups is 2. The molecule has 1 aromatic rings. The molecule has 2 rings (SSSR count). The van der Waals surface area contributed by atoms with Gasteiger partial charge in [0, 0.05) is 13.0 Å². The molecule has 1 saturated heterocycles. The average molecular weight is 408 g/mol. The molecule has 1 aromatic carbocycles. The van der Waals surface area contributed by atoms with Crippen LogP contribution in [-0.2, 0) is 9.59 Å². The van der Waals surface area contributed by atoms with Crippen molar-refractivity contribution in [2.75, 3.05) is 31.5 Å². The fourth-order valence-corrected chi connectivity index (χ4v) is 2.99. The van der Waals surface area contributed by atoms with Crippen LogP contribution in [0.5, 0.6) is 0 Å². The van der Waals surface area contributed by atoms with Crippen molar-refractivity contribution < 1.29 is 22.8 Å². The normalized spacial score (nSPS) is 15.9. The maximum absolute atomic E-state index is 13.6. The molecule has 1 aliphatic heterocycles. The van der Waals surface area contributed by atoms with Gasteiger partial charge in [-0.05, 0) is 50.4 Å². The Morgan fingerprint density at radius 2 is 2.00 bits per heavy atom. The second kappa shape index (κ2) is 11.1. The zero-order valence-corrected chi connectivity index (χ0v) is 16.0. The molecule has 0 radical (unpaired) electrons. The predicted molar refractivity (Wildman–Crippen MR) is 99.3 cm³/mol. The van der Waals surface area contributed by atoms with Crippen molar-refractivity contribution in [1.82, 2.24) is 10.2 Å². The summed E-state index contributed by atoms with van der Waals surface area (Å²) in [6.07, 6.45) is 2.81. The maximum Gasteiger partial charge on any atom is 0.244 e. The van der Waals surface area contributed by atoms with Crippen molar-refractivity contribution in [3.05, 3.63) is 29.6 Å².